The lowest BCUT2D eigenvalue weighted by molar-refractivity contribution is -0.141. The molecule has 88 valence electrons. The monoisotopic (exact) mass is 224 g/mol. The molecule has 1 aromatic rings. The summed E-state index contributed by atoms with van der Waals surface area (Å²) in [6.45, 7) is 4.73. The Morgan fingerprint density at radius 3 is 3.06 bits per heavy atom. The Hall–Kier alpha value is -1.33. The molecule has 0 bridgehead atoms. The number of rotatable bonds is 3. The summed E-state index contributed by atoms with van der Waals surface area (Å²) in [5.74, 6) is 0.112. The quantitative estimate of drug-likeness (QED) is 0.835. The van der Waals surface area contributed by atoms with Crippen LogP contribution < -0.4 is 10.5 Å². The molecule has 2 rings (SSSR count). The lowest BCUT2D eigenvalue weighted by Gasteiger charge is -2.17. The third kappa shape index (κ3) is 2.62. The molecule has 0 aliphatic carbocycles. The van der Waals surface area contributed by atoms with Gasteiger partial charge in [0, 0.05) is 12.3 Å². The maximum atomic E-state index is 5.70. The van der Waals surface area contributed by atoms with Gasteiger partial charge >= 0.3 is 0 Å². The highest BCUT2D eigenvalue weighted by atomic mass is 16.7. The predicted octanol–water partition coefficient (Wildman–Crippen LogP) is 1.19. The van der Waals surface area contributed by atoms with E-state index in [4.69, 9.17) is 19.9 Å². The van der Waals surface area contributed by atoms with E-state index < -0.39 is 5.79 Å². The minimum atomic E-state index is -0.516. The van der Waals surface area contributed by atoms with Gasteiger partial charge in [-0.15, -0.1) is 0 Å². The number of pyridine rings is 1. The molecular weight excluding hydrogens is 208 g/mol. The highest BCUT2D eigenvalue weighted by Crippen LogP contribution is 2.24. The highest BCUT2D eigenvalue weighted by molar-refractivity contribution is 5.49. The molecule has 1 fully saturated rings. The van der Waals surface area contributed by atoms with E-state index in [0.717, 1.165) is 0 Å². The van der Waals surface area contributed by atoms with Crippen molar-refractivity contribution < 1.29 is 14.2 Å². The normalized spacial score (nSPS) is 23.2. The third-order valence-corrected chi connectivity index (χ3v) is 2.30. The first-order chi connectivity index (χ1) is 7.57. The smallest absolute Gasteiger partial charge is 0.163 e. The Labute approximate surface area is 94.5 Å². The van der Waals surface area contributed by atoms with E-state index in [2.05, 4.69) is 4.98 Å². The van der Waals surface area contributed by atoms with E-state index in [1.165, 1.54) is 0 Å². The third-order valence-electron chi connectivity index (χ3n) is 2.30. The van der Waals surface area contributed by atoms with Crippen molar-refractivity contribution in [3.8, 4) is 5.75 Å². The molecule has 1 aliphatic heterocycles. The first-order valence-electron chi connectivity index (χ1n) is 5.21. The molecule has 5 nitrogen and oxygen atoms in total. The van der Waals surface area contributed by atoms with Crippen LogP contribution in [0.2, 0.25) is 0 Å². The van der Waals surface area contributed by atoms with E-state index >= 15 is 0 Å². The Morgan fingerprint density at radius 1 is 1.62 bits per heavy atom. The van der Waals surface area contributed by atoms with Gasteiger partial charge in [-0.1, -0.05) is 0 Å². The highest BCUT2D eigenvalue weighted by Gasteiger charge is 2.32. The SMILES string of the molecule is CC1(C)OCC(COc2ccncc2N)O1. The largest absolute Gasteiger partial charge is 0.489 e. The number of hydrogen-bond donors (Lipinski definition) is 1. The minimum Gasteiger partial charge on any atom is -0.489 e. The second kappa shape index (κ2) is 4.27. The fourth-order valence-electron chi connectivity index (χ4n) is 1.55. The summed E-state index contributed by atoms with van der Waals surface area (Å²) in [5.41, 5.74) is 6.23. The van der Waals surface area contributed by atoms with Crippen LogP contribution in [0.1, 0.15) is 13.8 Å². The summed E-state index contributed by atoms with van der Waals surface area (Å²) in [6, 6.07) is 1.73. The molecule has 5 heteroatoms. The van der Waals surface area contributed by atoms with Crippen molar-refractivity contribution in [2.75, 3.05) is 18.9 Å². The maximum absolute atomic E-state index is 5.70. The van der Waals surface area contributed by atoms with Crippen molar-refractivity contribution >= 4 is 5.69 Å². The van der Waals surface area contributed by atoms with Gasteiger partial charge in [0.1, 0.15) is 18.5 Å². The van der Waals surface area contributed by atoms with E-state index in [1.807, 2.05) is 13.8 Å². The summed E-state index contributed by atoms with van der Waals surface area (Å²) in [6.07, 6.45) is 3.15. The van der Waals surface area contributed by atoms with Gasteiger partial charge < -0.3 is 19.9 Å². The fraction of sp³-hybridized carbons (Fsp3) is 0.545. The average Bonchev–Trinajstić information content (AvgIpc) is 2.57. The van der Waals surface area contributed by atoms with Crippen molar-refractivity contribution in [1.29, 1.82) is 0 Å². The molecule has 1 aliphatic rings. The Bertz CT molecular complexity index is 368. The van der Waals surface area contributed by atoms with E-state index in [9.17, 15) is 0 Å². The van der Waals surface area contributed by atoms with Crippen LogP contribution in [-0.4, -0.2) is 30.1 Å². The zero-order chi connectivity index (χ0) is 11.6. The molecule has 0 saturated carbocycles. The molecule has 1 saturated heterocycles. The van der Waals surface area contributed by atoms with Gasteiger partial charge in [-0.05, 0) is 13.8 Å². The zero-order valence-corrected chi connectivity index (χ0v) is 9.47. The molecule has 0 amide bonds. The predicted molar refractivity (Wildman–Crippen MR) is 59.0 cm³/mol. The number of nitrogens with two attached hydrogens (primary N) is 1. The van der Waals surface area contributed by atoms with Gasteiger partial charge in [-0.25, -0.2) is 0 Å². The summed E-state index contributed by atoms with van der Waals surface area (Å²) >= 11 is 0. The maximum Gasteiger partial charge on any atom is 0.163 e. The second-order valence-corrected chi connectivity index (χ2v) is 4.18. The molecule has 1 aromatic heterocycles. The van der Waals surface area contributed by atoms with E-state index in [1.54, 1.807) is 18.5 Å². The standard InChI is InChI=1S/C11H16N2O3/c1-11(2)15-7-8(16-11)6-14-10-3-4-13-5-9(10)12/h3-5,8H,6-7,12H2,1-2H3. The van der Waals surface area contributed by atoms with Crippen LogP contribution in [0.3, 0.4) is 0 Å². The lowest BCUT2D eigenvalue weighted by Crippen LogP contribution is -2.25. The zero-order valence-electron chi connectivity index (χ0n) is 9.47. The van der Waals surface area contributed by atoms with Crippen LogP contribution in [0.4, 0.5) is 5.69 Å². The first kappa shape index (κ1) is 11.2. The molecule has 0 radical (unpaired) electrons. The fourth-order valence-corrected chi connectivity index (χ4v) is 1.55. The Balaban J connectivity index is 1.87. The van der Waals surface area contributed by atoms with Crippen LogP contribution >= 0.6 is 0 Å². The number of aromatic nitrogens is 1. The number of hydrogen-bond acceptors (Lipinski definition) is 5. The van der Waals surface area contributed by atoms with Crippen molar-refractivity contribution in [2.45, 2.75) is 25.7 Å². The van der Waals surface area contributed by atoms with Crippen molar-refractivity contribution in [3.05, 3.63) is 18.5 Å². The van der Waals surface area contributed by atoms with Crippen LogP contribution in [0.15, 0.2) is 18.5 Å². The van der Waals surface area contributed by atoms with Crippen LogP contribution in [-0.2, 0) is 9.47 Å². The van der Waals surface area contributed by atoms with E-state index in [-0.39, 0.29) is 6.10 Å². The molecule has 2 N–H and O–H groups in total. The number of ether oxygens (including phenoxy) is 3. The average molecular weight is 224 g/mol. The lowest BCUT2D eigenvalue weighted by atomic mass is 10.3. The number of nitrogen functional groups attached to an aromatic ring is 1. The molecule has 2 heterocycles. The molecule has 1 atom stereocenters. The topological polar surface area (TPSA) is 66.6 Å². The first-order valence-corrected chi connectivity index (χ1v) is 5.21. The Kier molecular flexibility index (Phi) is 2.98. The molecular formula is C11H16N2O3. The van der Waals surface area contributed by atoms with Gasteiger partial charge in [0.15, 0.2) is 5.79 Å². The van der Waals surface area contributed by atoms with Gasteiger partial charge in [0.05, 0.1) is 18.5 Å². The minimum absolute atomic E-state index is 0.0532. The van der Waals surface area contributed by atoms with Gasteiger partial charge in [-0.3, -0.25) is 4.98 Å². The van der Waals surface area contributed by atoms with Crippen molar-refractivity contribution in [1.82, 2.24) is 4.98 Å². The molecule has 0 aromatic carbocycles. The van der Waals surface area contributed by atoms with E-state index in [0.29, 0.717) is 24.7 Å². The summed E-state index contributed by atoms with van der Waals surface area (Å²) < 4.78 is 16.6. The summed E-state index contributed by atoms with van der Waals surface area (Å²) in [5, 5.41) is 0. The number of anilines is 1. The number of nitrogens with zero attached hydrogens (tertiary/aromatic N) is 1. The van der Waals surface area contributed by atoms with Crippen molar-refractivity contribution in [2.24, 2.45) is 0 Å². The molecule has 0 spiro atoms. The van der Waals surface area contributed by atoms with Gasteiger partial charge in [0.2, 0.25) is 0 Å². The summed E-state index contributed by atoms with van der Waals surface area (Å²) in [7, 11) is 0. The van der Waals surface area contributed by atoms with Gasteiger partial charge in [0.25, 0.3) is 0 Å². The molecule has 16 heavy (non-hydrogen) atoms. The van der Waals surface area contributed by atoms with Crippen LogP contribution in [0.5, 0.6) is 5.75 Å². The second-order valence-electron chi connectivity index (χ2n) is 4.18. The Morgan fingerprint density at radius 2 is 2.44 bits per heavy atom. The van der Waals surface area contributed by atoms with Crippen LogP contribution in [0.25, 0.3) is 0 Å². The van der Waals surface area contributed by atoms with Gasteiger partial charge in [-0.2, -0.15) is 0 Å². The van der Waals surface area contributed by atoms with Crippen molar-refractivity contribution in [3.63, 3.8) is 0 Å². The molecule has 1 unspecified atom stereocenters. The van der Waals surface area contributed by atoms with Crippen LogP contribution in [0, 0.1) is 0 Å². The summed E-state index contributed by atoms with van der Waals surface area (Å²) in [4.78, 5) is 3.89.